The predicted octanol–water partition coefficient (Wildman–Crippen LogP) is 5.30. The third-order valence-corrected chi connectivity index (χ3v) is 8.50. The van der Waals surface area contributed by atoms with Crippen molar-refractivity contribution in [3.63, 3.8) is 0 Å². The second-order valence-corrected chi connectivity index (χ2v) is 11.3. The van der Waals surface area contributed by atoms with Gasteiger partial charge in [-0.25, -0.2) is 19.3 Å². The van der Waals surface area contributed by atoms with Gasteiger partial charge in [-0.05, 0) is 51.3 Å². The molecule has 41 heavy (non-hydrogen) atoms. The number of carboxylic acid groups (broad SMARTS) is 1. The highest BCUT2D eigenvalue weighted by Crippen LogP contribution is 2.37. The Kier molecular flexibility index (Phi) is 8.23. The number of anilines is 2. The van der Waals surface area contributed by atoms with Crippen LogP contribution in [-0.2, 0) is 17.5 Å². The van der Waals surface area contributed by atoms with Crippen LogP contribution in [0.1, 0.15) is 53.5 Å². The fourth-order valence-corrected chi connectivity index (χ4v) is 6.17. The first kappa shape index (κ1) is 28.9. The molecule has 2 aliphatic rings. The number of piperidine rings is 1. The summed E-state index contributed by atoms with van der Waals surface area (Å²) in [7, 11) is 0. The van der Waals surface area contributed by atoms with Crippen LogP contribution in [0.4, 0.5) is 28.5 Å². The first-order valence-corrected chi connectivity index (χ1v) is 14.0. The van der Waals surface area contributed by atoms with Crippen LogP contribution in [0.15, 0.2) is 30.6 Å². The molecule has 0 saturated carbocycles. The number of carboxylic acids is 1. The molecule has 0 aliphatic carbocycles. The molecule has 2 aliphatic heterocycles. The number of likely N-dealkylation sites (tertiary alicyclic amines) is 1. The second-order valence-electron chi connectivity index (χ2n) is 10.3. The fraction of sp³-hybridized carbons (Fsp3) is 0.444. The van der Waals surface area contributed by atoms with E-state index in [2.05, 4.69) is 32.1 Å². The summed E-state index contributed by atoms with van der Waals surface area (Å²) in [5, 5.41) is 12.1. The lowest BCUT2D eigenvalue weighted by Crippen LogP contribution is -2.36. The van der Waals surface area contributed by atoms with Gasteiger partial charge in [0.15, 0.2) is 5.13 Å². The highest BCUT2D eigenvalue weighted by Gasteiger charge is 2.34. The van der Waals surface area contributed by atoms with Gasteiger partial charge >= 0.3 is 12.1 Å². The molecule has 3 aromatic rings. The summed E-state index contributed by atoms with van der Waals surface area (Å²) in [5.41, 5.74) is -0.831. The maximum absolute atomic E-state index is 14.4. The van der Waals surface area contributed by atoms with Crippen molar-refractivity contribution in [2.45, 2.75) is 51.4 Å². The lowest BCUT2D eigenvalue weighted by molar-refractivity contribution is -0.142. The van der Waals surface area contributed by atoms with E-state index in [1.807, 2.05) is 4.90 Å². The molecule has 2 aromatic heterocycles. The first-order chi connectivity index (χ1) is 19.5. The zero-order chi connectivity index (χ0) is 29.3. The van der Waals surface area contributed by atoms with E-state index in [0.29, 0.717) is 61.0 Å². The number of nitrogens with zero attached hydrogens (tertiary/aromatic N) is 5. The van der Waals surface area contributed by atoms with Gasteiger partial charge in [-0.3, -0.25) is 19.8 Å². The summed E-state index contributed by atoms with van der Waals surface area (Å²) in [6.45, 7) is 4.42. The SMILES string of the molecule is C[C@@H]1CCCN1Cc1sc(NC(=O)c2cnc(N3CCC(C(=O)O)CC3)cn2)nc1-c1ccc(C(F)(F)F)c(F)c1. The summed E-state index contributed by atoms with van der Waals surface area (Å²) in [4.78, 5) is 42.0. The third kappa shape index (κ3) is 6.48. The molecule has 2 fully saturated rings. The monoisotopic (exact) mass is 592 g/mol. The van der Waals surface area contributed by atoms with Crippen molar-refractivity contribution in [3.05, 3.63) is 52.5 Å². The number of aromatic nitrogens is 3. The molecule has 2 N–H and O–H groups in total. The lowest BCUT2D eigenvalue weighted by atomic mass is 9.97. The molecular weight excluding hydrogens is 564 g/mol. The van der Waals surface area contributed by atoms with E-state index in [9.17, 15) is 32.3 Å². The molecule has 0 bridgehead atoms. The zero-order valence-electron chi connectivity index (χ0n) is 22.1. The Labute approximate surface area is 237 Å². The highest BCUT2D eigenvalue weighted by atomic mass is 32.1. The van der Waals surface area contributed by atoms with Gasteiger partial charge in [0, 0.05) is 36.1 Å². The minimum atomic E-state index is -4.82. The summed E-state index contributed by atoms with van der Waals surface area (Å²) < 4.78 is 53.8. The van der Waals surface area contributed by atoms with Crippen molar-refractivity contribution in [1.29, 1.82) is 0 Å². The standard InChI is InChI=1S/C27H28F4N6O3S/c1-15-3-2-8-37(15)14-21-23(17-4-5-18(19(28)11-17)27(29,30)31)34-26(41-21)35-24(38)20-12-33-22(13-32-20)36-9-6-16(7-10-36)25(39)40/h4-5,11-13,15-16H,2-3,6-10,14H2,1H3,(H,39,40)(H,34,35,38)/t15-/m1/s1. The van der Waals surface area contributed by atoms with Crippen LogP contribution in [-0.4, -0.2) is 62.5 Å². The van der Waals surface area contributed by atoms with Crippen molar-refractivity contribution in [2.75, 3.05) is 29.9 Å². The lowest BCUT2D eigenvalue weighted by Gasteiger charge is -2.30. The number of alkyl halides is 3. The van der Waals surface area contributed by atoms with Crippen LogP contribution in [0.3, 0.4) is 0 Å². The van der Waals surface area contributed by atoms with E-state index in [4.69, 9.17) is 0 Å². The number of carbonyl (C=O) groups is 2. The third-order valence-electron chi connectivity index (χ3n) is 7.54. The Bertz CT molecular complexity index is 1420. The molecule has 1 amide bonds. The van der Waals surface area contributed by atoms with Gasteiger partial charge in [0.25, 0.3) is 5.91 Å². The summed E-state index contributed by atoms with van der Waals surface area (Å²) in [6, 6.07) is 3.01. The van der Waals surface area contributed by atoms with Gasteiger partial charge in [-0.15, -0.1) is 0 Å². The van der Waals surface area contributed by atoms with Gasteiger partial charge in [0.05, 0.1) is 29.6 Å². The summed E-state index contributed by atoms with van der Waals surface area (Å²) in [5.74, 6) is -2.63. The molecule has 4 heterocycles. The Morgan fingerprint density at radius 3 is 2.46 bits per heavy atom. The van der Waals surface area contributed by atoms with Crippen LogP contribution in [0.25, 0.3) is 11.3 Å². The number of benzene rings is 1. The maximum Gasteiger partial charge on any atom is 0.419 e. The second kappa shape index (κ2) is 11.7. The fourth-order valence-electron chi connectivity index (χ4n) is 5.16. The molecule has 1 aromatic carbocycles. The molecule has 2 saturated heterocycles. The van der Waals surface area contributed by atoms with Crippen molar-refractivity contribution < 1.29 is 32.3 Å². The van der Waals surface area contributed by atoms with E-state index < -0.39 is 29.4 Å². The summed E-state index contributed by atoms with van der Waals surface area (Å²) in [6.07, 6.45) is 0.969. The number of amides is 1. The quantitative estimate of drug-likeness (QED) is 0.356. The van der Waals surface area contributed by atoms with E-state index in [1.54, 1.807) is 0 Å². The number of aliphatic carboxylic acids is 1. The van der Waals surface area contributed by atoms with E-state index in [1.165, 1.54) is 29.8 Å². The number of rotatable bonds is 7. The molecule has 5 rings (SSSR count). The smallest absolute Gasteiger partial charge is 0.419 e. The van der Waals surface area contributed by atoms with Crippen LogP contribution in [0.5, 0.6) is 0 Å². The Balaban J connectivity index is 1.34. The van der Waals surface area contributed by atoms with E-state index in [0.717, 1.165) is 25.5 Å². The number of nitrogens with one attached hydrogen (secondary N) is 1. The predicted molar refractivity (Wildman–Crippen MR) is 144 cm³/mol. The normalized spacial score (nSPS) is 18.6. The molecule has 14 heteroatoms. The molecule has 1 atom stereocenters. The van der Waals surface area contributed by atoms with Crippen molar-refractivity contribution in [2.24, 2.45) is 5.92 Å². The van der Waals surface area contributed by atoms with Gasteiger partial charge < -0.3 is 10.0 Å². The van der Waals surface area contributed by atoms with Gasteiger partial charge in [-0.1, -0.05) is 17.4 Å². The molecule has 218 valence electrons. The van der Waals surface area contributed by atoms with Crippen LogP contribution < -0.4 is 10.2 Å². The van der Waals surface area contributed by atoms with Gasteiger partial charge in [-0.2, -0.15) is 13.2 Å². The minimum absolute atomic E-state index is 0.0289. The Hall–Kier alpha value is -3.65. The number of halogens is 4. The van der Waals surface area contributed by atoms with Crippen molar-refractivity contribution in [1.82, 2.24) is 19.9 Å². The van der Waals surface area contributed by atoms with Crippen LogP contribution in [0, 0.1) is 11.7 Å². The highest BCUT2D eigenvalue weighted by molar-refractivity contribution is 7.16. The number of hydrogen-bond acceptors (Lipinski definition) is 8. The minimum Gasteiger partial charge on any atom is -0.481 e. The van der Waals surface area contributed by atoms with Crippen molar-refractivity contribution in [3.8, 4) is 11.3 Å². The number of carbonyl (C=O) groups excluding carboxylic acids is 1. The molecule has 9 nitrogen and oxygen atoms in total. The molecule has 0 unspecified atom stereocenters. The van der Waals surface area contributed by atoms with Gasteiger partial charge in [0.2, 0.25) is 0 Å². The molecular formula is C27H28F4N6O3S. The Morgan fingerprint density at radius 1 is 1.12 bits per heavy atom. The molecule has 0 spiro atoms. The Morgan fingerprint density at radius 2 is 1.88 bits per heavy atom. The van der Waals surface area contributed by atoms with Crippen LogP contribution in [0.2, 0.25) is 0 Å². The number of hydrogen-bond donors (Lipinski definition) is 2. The molecule has 0 radical (unpaired) electrons. The first-order valence-electron chi connectivity index (χ1n) is 13.2. The maximum atomic E-state index is 14.4. The number of thiazole rings is 1. The van der Waals surface area contributed by atoms with Gasteiger partial charge in [0.1, 0.15) is 17.3 Å². The van der Waals surface area contributed by atoms with Crippen LogP contribution >= 0.6 is 11.3 Å². The topological polar surface area (TPSA) is 112 Å². The van der Waals surface area contributed by atoms with Crippen molar-refractivity contribution >= 4 is 34.2 Å². The van der Waals surface area contributed by atoms with E-state index in [-0.39, 0.29) is 22.3 Å². The average Bonchev–Trinajstić information content (AvgIpc) is 3.53. The largest absolute Gasteiger partial charge is 0.481 e. The summed E-state index contributed by atoms with van der Waals surface area (Å²) >= 11 is 1.18. The van der Waals surface area contributed by atoms with E-state index >= 15 is 0 Å². The zero-order valence-corrected chi connectivity index (χ0v) is 22.9. The average molecular weight is 593 g/mol.